The molecule has 1 saturated heterocycles. The van der Waals surface area contributed by atoms with Crippen LogP contribution in [0.4, 0.5) is 0 Å². The first kappa shape index (κ1) is 13.8. The summed E-state index contributed by atoms with van der Waals surface area (Å²) >= 11 is 0. The second-order valence-corrected chi connectivity index (χ2v) is 7.56. The number of nitrogens with zero attached hydrogens (tertiary/aromatic N) is 1. The van der Waals surface area contributed by atoms with Crippen LogP contribution in [-0.2, 0) is 4.74 Å². The van der Waals surface area contributed by atoms with Gasteiger partial charge >= 0.3 is 0 Å². The van der Waals surface area contributed by atoms with Crippen LogP contribution in [0.1, 0.15) is 40.0 Å². The van der Waals surface area contributed by atoms with Crippen LogP contribution in [0.5, 0.6) is 0 Å². The Labute approximate surface area is 118 Å². The minimum absolute atomic E-state index is 0.418. The van der Waals surface area contributed by atoms with E-state index in [4.69, 9.17) is 4.74 Å². The highest BCUT2D eigenvalue weighted by Crippen LogP contribution is 2.66. The van der Waals surface area contributed by atoms with Crippen LogP contribution in [-0.4, -0.2) is 50.3 Å². The topological polar surface area (TPSA) is 24.5 Å². The van der Waals surface area contributed by atoms with Crippen LogP contribution in [0, 0.1) is 16.7 Å². The van der Waals surface area contributed by atoms with Crippen molar-refractivity contribution in [2.24, 2.45) is 16.7 Å². The molecule has 3 atom stereocenters. The molecule has 2 bridgehead atoms. The van der Waals surface area contributed by atoms with Crippen LogP contribution >= 0.6 is 0 Å². The number of piperazine rings is 1. The van der Waals surface area contributed by atoms with Gasteiger partial charge in [-0.1, -0.05) is 20.8 Å². The summed E-state index contributed by atoms with van der Waals surface area (Å²) in [6, 6.07) is 0. The molecule has 0 amide bonds. The molecule has 3 rings (SSSR count). The lowest BCUT2D eigenvalue weighted by Gasteiger charge is -2.39. The summed E-state index contributed by atoms with van der Waals surface area (Å²) in [5.41, 5.74) is 0.897. The molecule has 0 aromatic heterocycles. The van der Waals surface area contributed by atoms with Gasteiger partial charge in [-0.3, -0.25) is 4.90 Å². The minimum Gasteiger partial charge on any atom is -0.376 e. The lowest BCUT2D eigenvalue weighted by molar-refractivity contribution is -0.0523. The molecule has 1 aliphatic heterocycles. The molecule has 0 spiro atoms. The summed E-state index contributed by atoms with van der Waals surface area (Å²) in [6.07, 6.45) is 4.58. The Morgan fingerprint density at radius 3 is 2.53 bits per heavy atom. The monoisotopic (exact) mass is 266 g/mol. The highest BCUT2D eigenvalue weighted by molar-refractivity contribution is 5.11. The van der Waals surface area contributed by atoms with E-state index in [9.17, 15) is 0 Å². The maximum absolute atomic E-state index is 6.32. The van der Waals surface area contributed by atoms with Gasteiger partial charge in [0.1, 0.15) is 0 Å². The largest absolute Gasteiger partial charge is 0.376 e. The summed E-state index contributed by atoms with van der Waals surface area (Å²) in [4.78, 5) is 2.52. The third kappa shape index (κ3) is 2.24. The fourth-order valence-electron chi connectivity index (χ4n) is 4.64. The first-order valence-electron chi connectivity index (χ1n) is 8.09. The molecule has 19 heavy (non-hydrogen) atoms. The zero-order valence-electron chi connectivity index (χ0n) is 12.9. The van der Waals surface area contributed by atoms with Crippen molar-refractivity contribution < 1.29 is 4.74 Å². The molecular weight excluding hydrogens is 236 g/mol. The maximum Gasteiger partial charge on any atom is 0.0637 e. The third-order valence-corrected chi connectivity index (χ3v) is 6.65. The second-order valence-electron chi connectivity index (χ2n) is 7.56. The van der Waals surface area contributed by atoms with Gasteiger partial charge in [0, 0.05) is 32.7 Å². The first-order valence-corrected chi connectivity index (χ1v) is 8.09. The van der Waals surface area contributed by atoms with Crippen molar-refractivity contribution in [3.05, 3.63) is 0 Å². The Kier molecular flexibility index (Phi) is 3.65. The van der Waals surface area contributed by atoms with E-state index in [2.05, 4.69) is 31.0 Å². The van der Waals surface area contributed by atoms with Crippen molar-refractivity contribution in [2.75, 3.05) is 39.3 Å². The van der Waals surface area contributed by atoms with Crippen molar-refractivity contribution >= 4 is 0 Å². The smallest absolute Gasteiger partial charge is 0.0637 e. The summed E-state index contributed by atoms with van der Waals surface area (Å²) in [5, 5.41) is 3.40. The summed E-state index contributed by atoms with van der Waals surface area (Å²) in [5.74, 6) is 0.890. The first-order chi connectivity index (χ1) is 9.04. The molecule has 0 aromatic rings. The molecule has 1 heterocycles. The Balaban J connectivity index is 1.49. The molecule has 3 heteroatoms. The van der Waals surface area contributed by atoms with Gasteiger partial charge in [-0.15, -0.1) is 0 Å². The molecule has 2 saturated carbocycles. The second kappa shape index (κ2) is 5.01. The summed E-state index contributed by atoms with van der Waals surface area (Å²) in [7, 11) is 0. The number of fused-ring (bicyclic) bond motifs is 2. The highest BCUT2D eigenvalue weighted by Gasteiger charge is 2.61. The average molecular weight is 266 g/mol. The van der Waals surface area contributed by atoms with Gasteiger partial charge in [-0.25, -0.2) is 0 Å². The van der Waals surface area contributed by atoms with Crippen molar-refractivity contribution in [3.8, 4) is 0 Å². The fraction of sp³-hybridized carbons (Fsp3) is 1.00. The van der Waals surface area contributed by atoms with E-state index in [-0.39, 0.29) is 0 Å². The molecule has 3 aliphatic rings. The molecule has 3 fully saturated rings. The molecule has 110 valence electrons. The van der Waals surface area contributed by atoms with Gasteiger partial charge in [0.25, 0.3) is 0 Å². The Bertz CT molecular complexity index is 325. The van der Waals surface area contributed by atoms with Gasteiger partial charge in [-0.05, 0) is 36.0 Å². The molecule has 0 radical (unpaired) electrons. The van der Waals surface area contributed by atoms with Crippen LogP contribution in [0.15, 0.2) is 0 Å². The maximum atomic E-state index is 6.32. The molecule has 3 nitrogen and oxygen atoms in total. The number of ether oxygens (including phenoxy) is 1. The number of hydrogen-bond donors (Lipinski definition) is 1. The zero-order valence-corrected chi connectivity index (χ0v) is 12.9. The Morgan fingerprint density at radius 2 is 1.95 bits per heavy atom. The van der Waals surface area contributed by atoms with Crippen LogP contribution in [0.25, 0.3) is 0 Å². The van der Waals surface area contributed by atoms with E-state index in [0.717, 1.165) is 32.2 Å². The van der Waals surface area contributed by atoms with Crippen LogP contribution in [0.2, 0.25) is 0 Å². The summed E-state index contributed by atoms with van der Waals surface area (Å²) < 4.78 is 6.32. The standard InChI is InChI=1S/C16H30N2O/c1-15(2)13-4-5-16(15,3)14(12-13)19-11-10-18-8-6-17-7-9-18/h13-14,17H,4-12H2,1-3H3. The van der Waals surface area contributed by atoms with Gasteiger partial charge in [0.05, 0.1) is 12.7 Å². The normalized spacial score (nSPS) is 41.8. The average Bonchev–Trinajstić information content (AvgIpc) is 2.73. The van der Waals surface area contributed by atoms with Crippen molar-refractivity contribution in [2.45, 2.75) is 46.1 Å². The van der Waals surface area contributed by atoms with Crippen molar-refractivity contribution in [1.29, 1.82) is 0 Å². The minimum atomic E-state index is 0.418. The number of nitrogens with one attached hydrogen (secondary N) is 1. The highest BCUT2D eigenvalue weighted by atomic mass is 16.5. The van der Waals surface area contributed by atoms with Gasteiger partial charge < -0.3 is 10.1 Å². The third-order valence-electron chi connectivity index (χ3n) is 6.65. The molecule has 0 aromatic carbocycles. The van der Waals surface area contributed by atoms with E-state index in [1.165, 1.54) is 32.4 Å². The van der Waals surface area contributed by atoms with Gasteiger partial charge in [0.15, 0.2) is 0 Å². The zero-order chi connectivity index (χ0) is 13.5. The van der Waals surface area contributed by atoms with E-state index >= 15 is 0 Å². The van der Waals surface area contributed by atoms with Gasteiger partial charge in [-0.2, -0.15) is 0 Å². The molecule has 3 unspecified atom stereocenters. The van der Waals surface area contributed by atoms with E-state index in [1.54, 1.807) is 0 Å². The van der Waals surface area contributed by atoms with E-state index in [0.29, 0.717) is 16.9 Å². The lowest BCUT2D eigenvalue weighted by atomic mass is 9.70. The number of hydrogen-bond acceptors (Lipinski definition) is 3. The van der Waals surface area contributed by atoms with Gasteiger partial charge in [0.2, 0.25) is 0 Å². The lowest BCUT2D eigenvalue weighted by Crippen LogP contribution is -2.45. The Hall–Kier alpha value is -0.120. The predicted octanol–water partition coefficient (Wildman–Crippen LogP) is 2.12. The summed E-state index contributed by atoms with van der Waals surface area (Å²) in [6.45, 7) is 14.1. The van der Waals surface area contributed by atoms with Crippen molar-refractivity contribution in [1.82, 2.24) is 10.2 Å². The number of rotatable bonds is 4. The fourth-order valence-corrected chi connectivity index (χ4v) is 4.64. The van der Waals surface area contributed by atoms with E-state index in [1.807, 2.05) is 0 Å². The quantitative estimate of drug-likeness (QED) is 0.843. The van der Waals surface area contributed by atoms with E-state index < -0.39 is 0 Å². The predicted molar refractivity (Wildman–Crippen MR) is 78.3 cm³/mol. The SMILES string of the molecule is CC1(C)C2CCC1(C)C(OCCN1CCNCC1)C2. The molecule has 1 N–H and O–H groups in total. The Morgan fingerprint density at radius 1 is 1.21 bits per heavy atom. The van der Waals surface area contributed by atoms with Crippen LogP contribution in [0.3, 0.4) is 0 Å². The van der Waals surface area contributed by atoms with Crippen molar-refractivity contribution in [3.63, 3.8) is 0 Å². The van der Waals surface area contributed by atoms with Crippen LogP contribution < -0.4 is 5.32 Å². The molecular formula is C16H30N2O. The molecule has 2 aliphatic carbocycles.